The van der Waals surface area contributed by atoms with Crippen molar-refractivity contribution >= 4 is 40.0 Å². The summed E-state index contributed by atoms with van der Waals surface area (Å²) in [4.78, 5) is 35.1. The number of amides is 4. The zero-order valence-electron chi connectivity index (χ0n) is 13.4. The summed E-state index contributed by atoms with van der Waals surface area (Å²) in [6, 6.07) is 5.88. The summed E-state index contributed by atoms with van der Waals surface area (Å²) in [7, 11) is 1.40. The fourth-order valence-corrected chi connectivity index (χ4v) is 2.08. The Labute approximate surface area is 143 Å². The number of carbonyl (C=O) groups is 3. The quantitative estimate of drug-likeness (QED) is 0.538. The van der Waals surface area contributed by atoms with E-state index in [0.717, 1.165) is 15.8 Å². The lowest BCUT2D eigenvalue weighted by molar-refractivity contribution is -0.113. The maximum absolute atomic E-state index is 12.1. The van der Waals surface area contributed by atoms with Crippen molar-refractivity contribution in [3.05, 3.63) is 28.7 Å². The van der Waals surface area contributed by atoms with Crippen LogP contribution in [0.4, 0.5) is 15.3 Å². The van der Waals surface area contributed by atoms with Crippen molar-refractivity contribution in [3.8, 4) is 0 Å². The first-order chi connectivity index (χ1) is 10.9. The number of nitrogens with zero attached hydrogens (tertiary/aromatic N) is 1. The Morgan fingerprint density at radius 3 is 2.26 bits per heavy atom. The van der Waals surface area contributed by atoms with Gasteiger partial charge in [0.1, 0.15) is 6.29 Å². The molecule has 23 heavy (non-hydrogen) atoms. The van der Waals surface area contributed by atoms with Crippen molar-refractivity contribution in [3.63, 3.8) is 0 Å². The van der Waals surface area contributed by atoms with Crippen LogP contribution in [-0.2, 0) is 4.79 Å². The van der Waals surface area contributed by atoms with E-state index in [-0.39, 0.29) is 0 Å². The Balaban J connectivity index is 2.58. The third-order valence-corrected chi connectivity index (χ3v) is 4.05. The molecule has 0 aliphatic rings. The summed E-state index contributed by atoms with van der Waals surface area (Å²) in [5, 5.41) is 6.22. The molecule has 0 unspecified atom stereocenters. The summed E-state index contributed by atoms with van der Waals surface area (Å²) >= 11 is 3.30. The first-order valence-electron chi connectivity index (χ1n) is 7.21. The Hall–Kier alpha value is -2.09. The number of halogens is 1. The van der Waals surface area contributed by atoms with Gasteiger partial charge in [-0.15, -0.1) is 0 Å². The lowest BCUT2D eigenvalue weighted by Crippen LogP contribution is -2.57. The maximum atomic E-state index is 12.1. The second-order valence-electron chi connectivity index (χ2n) is 5.04. The van der Waals surface area contributed by atoms with Gasteiger partial charge in [-0.25, -0.2) is 20.0 Å². The van der Waals surface area contributed by atoms with Crippen molar-refractivity contribution in [2.24, 2.45) is 0 Å². The molecule has 3 N–H and O–H groups in total. The largest absolute Gasteiger partial charge is 0.338 e. The number of hydrogen-bond acceptors (Lipinski definition) is 3. The Morgan fingerprint density at radius 2 is 1.78 bits per heavy atom. The van der Waals surface area contributed by atoms with E-state index in [1.54, 1.807) is 24.3 Å². The molecule has 8 heteroatoms. The second-order valence-corrected chi connectivity index (χ2v) is 5.96. The molecule has 1 aromatic rings. The van der Waals surface area contributed by atoms with E-state index >= 15 is 0 Å². The van der Waals surface area contributed by atoms with E-state index in [2.05, 4.69) is 32.0 Å². The molecular formula is C15H21BrN4O3. The van der Waals surface area contributed by atoms with E-state index in [4.69, 9.17) is 0 Å². The third-order valence-electron chi connectivity index (χ3n) is 3.52. The van der Waals surface area contributed by atoms with Crippen molar-refractivity contribution < 1.29 is 14.4 Å². The van der Waals surface area contributed by atoms with Gasteiger partial charge in [0.2, 0.25) is 0 Å². The van der Waals surface area contributed by atoms with Crippen LogP contribution in [0.15, 0.2) is 28.7 Å². The molecule has 0 radical (unpaired) electrons. The van der Waals surface area contributed by atoms with Gasteiger partial charge in [0.05, 0.1) is 5.54 Å². The van der Waals surface area contributed by atoms with Crippen LogP contribution in [0, 0.1) is 0 Å². The van der Waals surface area contributed by atoms with E-state index in [0.29, 0.717) is 18.5 Å². The summed E-state index contributed by atoms with van der Waals surface area (Å²) in [5.41, 5.74) is 2.05. The number of aldehydes is 1. The SMILES string of the molecule is CCC(C=O)(CC)NC(=O)N(C)NC(=O)Nc1ccc(Br)cc1. The van der Waals surface area contributed by atoms with E-state index < -0.39 is 17.6 Å². The van der Waals surface area contributed by atoms with Crippen molar-refractivity contribution in [2.75, 3.05) is 12.4 Å². The predicted molar refractivity (Wildman–Crippen MR) is 92.0 cm³/mol. The molecular weight excluding hydrogens is 364 g/mol. The molecule has 4 amide bonds. The minimum atomic E-state index is -0.921. The highest BCUT2D eigenvalue weighted by atomic mass is 79.9. The zero-order chi connectivity index (χ0) is 17.5. The van der Waals surface area contributed by atoms with Crippen LogP contribution < -0.4 is 16.1 Å². The monoisotopic (exact) mass is 384 g/mol. The van der Waals surface area contributed by atoms with Crippen LogP contribution in [0.3, 0.4) is 0 Å². The average molecular weight is 385 g/mol. The molecule has 0 fully saturated rings. The smallest absolute Gasteiger partial charge is 0.324 e. The highest BCUT2D eigenvalue weighted by Crippen LogP contribution is 2.14. The molecule has 0 heterocycles. The first kappa shape index (κ1) is 19.0. The lowest BCUT2D eigenvalue weighted by Gasteiger charge is -2.29. The highest BCUT2D eigenvalue weighted by molar-refractivity contribution is 9.10. The summed E-state index contributed by atoms with van der Waals surface area (Å²) < 4.78 is 0.893. The standard InChI is InChI=1S/C15H21BrN4O3/c1-4-15(5-2,10-21)18-14(23)20(3)19-13(22)17-12-8-6-11(16)7-9-12/h6-10H,4-5H2,1-3H3,(H,18,23)(H2,17,19,22). The summed E-state index contributed by atoms with van der Waals surface area (Å²) in [5.74, 6) is 0. The number of anilines is 1. The highest BCUT2D eigenvalue weighted by Gasteiger charge is 2.29. The van der Waals surface area contributed by atoms with Crippen LogP contribution in [-0.4, -0.2) is 35.9 Å². The average Bonchev–Trinajstić information content (AvgIpc) is 2.54. The number of urea groups is 2. The number of benzene rings is 1. The summed E-state index contributed by atoms with van der Waals surface area (Å²) in [6.07, 6.45) is 1.66. The Kier molecular flexibility index (Phi) is 7.02. The van der Waals surface area contributed by atoms with Crippen LogP contribution in [0.2, 0.25) is 0 Å². The Bertz CT molecular complexity index is 558. The molecule has 0 spiro atoms. The van der Waals surface area contributed by atoms with Crippen molar-refractivity contribution in [1.82, 2.24) is 15.8 Å². The summed E-state index contributed by atoms with van der Waals surface area (Å²) in [6.45, 7) is 3.62. The second kappa shape index (κ2) is 8.52. The zero-order valence-corrected chi connectivity index (χ0v) is 14.9. The molecule has 1 rings (SSSR count). The molecule has 0 aromatic heterocycles. The van der Waals surface area contributed by atoms with E-state index in [1.165, 1.54) is 7.05 Å². The van der Waals surface area contributed by atoms with Crippen LogP contribution in [0.1, 0.15) is 26.7 Å². The molecule has 0 aliphatic heterocycles. The topological polar surface area (TPSA) is 90.5 Å². The van der Waals surface area contributed by atoms with Gasteiger partial charge in [-0.2, -0.15) is 0 Å². The van der Waals surface area contributed by atoms with E-state index in [1.807, 2.05) is 13.8 Å². The van der Waals surface area contributed by atoms with Gasteiger partial charge in [0.15, 0.2) is 0 Å². The van der Waals surface area contributed by atoms with Crippen molar-refractivity contribution in [2.45, 2.75) is 32.2 Å². The molecule has 7 nitrogen and oxygen atoms in total. The van der Waals surface area contributed by atoms with Gasteiger partial charge in [0, 0.05) is 17.2 Å². The molecule has 0 atom stereocenters. The first-order valence-corrected chi connectivity index (χ1v) is 8.00. The van der Waals surface area contributed by atoms with Crippen LogP contribution >= 0.6 is 15.9 Å². The fourth-order valence-electron chi connectivity index (χ4n) is 1.82. The van der Waals surface area contributed by atoms with Gasteiger partial charge in [-0.3, -0.25) is 0 Å². The van der Waals surface area contributed by atoms with Gasteiger partial charge in [0.25, 0.3) is 0 Å². The number of rotatable bonds is 5. The number of nitrogens with one attached hydrogen (secondary N) is 3. The van der Waals surface area contributed by atoms with Crippen LogP contribution in [0.25, 0.3) is 0 Å². The molecule has 0 bridgehead atoms. The molecule has 1 aromatic carbocycles. The normalized spacial score (nSPS) is 10.6. The van der Waals surface area contributed by atoms with E-state index in [9.17, 15) is 14.4 Å². The third kappa shape index (κ3) is 5.55. The van der Waals surface area contributed by atoms with Crippen LogP contribution in [0.5, 0.6) is 0 Å². The number of hydrazine groups is 1. The Morgan fingerprint density at radius 1 is 1.22 bits per heavy atom. The fraction of sp³-hybridized carbons (Fsp3) is 0.400. The maximum Gasteiger partial charge on any atom is 0.338 e. The molecule has 0 saturated carbocycles. The van der Waals surface area contributed by atoms with Gasteiger partial charge in [-0.1, -0.05) is 29.8 Å². The van der Waals surface area contributed by atoms with Crippen molar-refractivity contribution in [1.29, 1.82) is 0 Å². The lowest BCUT2D eigenvalue weighted by atomic mass is 9.95. The number of hydrogen-bond donors (Lipinski definition) is 3. The van der Waals surface area contributed by atoms with Gasteiger partial charge in [-0.05, 0) is 37.1 Å². The number of carbonyl (C=O) groups excluding carboxylic acids is 3. The molecule has 0 saturated heterocycles. The minimum Gasteiger partial charge on any atom is -0.324 e. The molecule has 0 aliphatic carbocycles. The van der Waals surface area contributed by atoms with Gasteiger partial charge < -0.3 is 15.4 Å². The predicted octanol–water partition coefficient (Wildman–Crippen LogP) is 2.88. The minimum absolute atomic E-state index is 0.470. The van der Waals surface area contributed by atoms with Gasteiger partial charge >= 0.3 is 12.1 Å². The molecule has 126 valence electrons.